The van der Waals surface area contributed by atoms with E-state index in [9.17, 15) is 8.78 Å². The van der Waals surface area contributed by atoms with Crippen molar-refractivity contribution in [3.8, 4) is 0 Å². The maximum atomic E-state index is 12.5. The summed E-state index contributed by atoms with van der Waals surface area (Å²) in [7, 11) is 0. The van der Waals surface area contributed by atoms with E-state index >= 15 is 0 Å². The molecule has 0 amide bonds. The monoisotopic (exact) mass is 201 g/mol. The number of hydrogen-bond acceptors (Lipinski definition) is 1. The van der Waals surface area contributed by atoms with Crippen LogP contribution in [0, 0.1) is 17.8 Å². The van der Waals surface area contributed by atoms with Crippen LogP contribution in [0.3, 0.4) is 0 Å². The molecule has 3 saturated carbocycles. The van der Waals surface area contributed by atoms with Gasteiger partial charge >= 0.3 is 0 Å². The van der Waals surface area contributed by atoms with Crippen LogP contribution in [0.5, 0.6) is 0 Å². The molecule has 0 bridgehead atoms. The van der Waals surface area contributed by atoms with Crippen LogP contribution in [0.25, 0.3) is 0 Å². The second-order valence-corrected chi connectivity index (χ2v) is 5.46. The lowest BCUT2D eigenvalue weighted by Crippen LogP contribution is -2.43. The minimum Gasteiger partial charge on any atom is -0.314 e. The molecule has 3 aliphatic rings. The van der Waals surface area contributed by atoms with E-state index in [2.05, 4.69) is 5.32 Å². The maximum absolute atomic E-state index is 12.5. The molecule has 3 rings (SSSR count). The van der Waals surface area contributed by atoms with Gasteiger partial charge in [-0.2, -0.15) is 0 Å². The van der Waals surface area contributed by atoms with E-state index < -0.39 is 5.92 Å². The molecule has 3 heteroatoms. The van der Waals surface area contributed by atoms with Crippen molar-refractivity contribution in [1.82, 2.24) is 5.32 Å². The third-order valence-electron chi connectivity index (χ3n) is 4.11. The molecule has 0 aromatic heterocycles. The molecule has 14 heavy (non-hydrogen) atoms. The molecule has 2 atom stereocenters. The topological polar surface area (TPSA) is 12.0 Å². The molecule has 0 aromatic carbocycles. The normalized spacial score (nSPS) is 44.6. The van der Waals surface area contributed by atoms with Gasteiger partial charge in [-0.15, -0.1) is 0 Å². The molecular formula is C11H17F2N. The van der Waals surface area contributed by atoms with Crippen molar-refractivity contribution in [2.45, 2.75) is 44.1 Å². The summed E-state index contributed by atoms with van der Waals surface area (Å²) in [6.45, 7) is 0.819. The summed E-state index contributed by atoms with van der Waals surface area (Å²) in [5.41, 5.74) is 0. The predicted octanol–water partition coefficient (Wildman–Crippen LogP) is 2.42. The molecule has 1 nitrogen and oxygen atoms in total. The van der Waals surface area contributed by atoms with E-state index in [0.29, 0.717) is 6.04 Å². The molecule has 0 spiro atoms. The molecule has 3 fully saturated rings. The number of alkyl halides is 2. The summed E-state index contributed by atoms with van der Waals surface area (Å²) in [6.07, 6.45) is 4.25. The highest BCUT2D eigenvalue weighted by atomic mass is 19.3. The Morgan fingerprint density at radius 2 is 1.71 bits per heavy atom. The van der Waals surface area contributed by atoms with Crippen molar-refractivity contribution < 1.29 is 8.78 Å². The molecule has 0 heterocycles. The van der Waals surface area contributed by atoms with Crippen LogP contribution in [-0.2, 0) is 0 Å². The van der Waals surface area contributed by atoms with Crippen molar-refractivity contribution in [1.29, 1.82) is 0 Å². The SMILES string of the molecule is FC1(F)CC(CNC2CC3CC3C2)C1. The van der Waals surface area contributed by atoms with Gasteiger partial charge < -0.3 is 5.32 Å². The Hall–Kier alpha value is -0.180. The van der Waals surface area contributed by atoms with Crippen LogP contribution in [0.1, 0.15) is 32.1 Å². The van der Waals surface area contributed by atoms with Crippen molar-refractivity contribution in [2.75, 3.05) is 6.54 Å². The molecule has 1 N–H and O–H groups in total. The molecule has 0 radical (unpaired) electrons. The van der Waals surface area contributed by atoms with Crippen molar-refractivity contribution in [2.24, 2.45) is 17.8 Å². The van der Waals surface area contributed by atoms with Gasteiger partial charge in [-0.1, -0.05) is 0 Å². The lowest BCUT2D eigenvalue weighted by Gasteiger charge is -2.35. The molecule has 80 valence electrons. The number of halogens is 2. The standard InChI is InChI=1S/C11H17F2N/c12-11(13)4-7(5-11)6-14-10-2-8-1-9(8)3-10/h7-10,14H,1-6H2. The highest BCUT2D eigenvalue weighted by molar-refractivity contribution is 4.99. The average Bonchev–Trinajstić information content (AvgIpc) is 2.67. The zero-order valence-corrected chi connectivity index (χ0v) is 8.31. The van der Waals surface area contributed by atoms with E-state index in [-0.39, 0.29) is 18.8 Å². The summed E-state index contributed by atoms with van der Waals surface area (Å²) in [4.78, 5) is 0. The van der Waals surface area contributed by atoms with E-state index in [1.807, 2.05) is 0 Å². The largest absolute Gasteiger partial charge is 0.314 e. The van der Waals surface area contributed by atoms with Crippen LogP contribution in [-0.4, -0.2) is 18.5 Å². The van der Waals surface area contributed by atoms with Gasteiger partial charge in [0.1, 0.15) is 0 Å². The van der Waals surface area contributed by atoms with Gasteiger partial charge in [-0.05, 0) is 43.6 Å². The molecular weight excluding hydrogens is 184 g/mol. The first kappa shape index (κ1) is 9.08. The smallest absolute Gasteiger partial charge is 0.248 e. The number of hydrogen-bond donors (Lipinski definition) is 1. The zero-order valence-electron chi connectivity index (χ0n) is 8.31. The summed E-state index contributed by atoms with van der Waals surface area (Å²) in [5, 5.41) is 3.45. The molecule has 3 aliphatic carbocycles. The molecule has 2 unspecified atom stereocenters. The van der Waals surface area contributed by atoms with Gasteiger partial charge in [0.25, 0.3) is 0 Å². The quantitative estimate of drug-likeness (QED) is 0.739. The lowest BCUT2D eigenvalue weighted by atomic mass is 9.81. The van der Waals surface area contributed by atoms with E-state index in [4.69, 9.17) is 0 Å². The Morgan fingerprint density at radius 3 is 2.29 bits per heavy atom. The van der Waals surface area contributed by atoms with Gasteiger partial charge in [0.15, 0.2) is 0 Å². The molecule has 0 aromatic rings. The Balaban J connectivity index is 1.35. The van der Waals surface area contributed by atoms with Crippen LogP contribution >= 0.6 is 0 Å². The van der Waals surface area contributed by atoms with Gasteiger partial charge in [-0.3, -0.25) is 0 Å². The average molecular weight is 201 g/mol. The predicted molar refractivity (Wildman–Crippen MR) is 50.3 cm³/mol. The first-order valence-corrected chi connectivity index (χ1v) is 5.73. The van der Waals surface area contributed by atoms with Crippen LogP contribution in [0.2, 0.25) is 0 Å². The lowest BCUT2D eigenvalue weighted by molar-refractivity contribution is -0.109. The summed E-state index contributed by atoms with van der Waals surface area (Å²) >= 11 is 0. The summed E-state index contributed by atoms with van der Waals surface area (Å²) in [6, 6.07) is 0.646. The van der Waals surface area contributed by atoms with E-state index in [0.717, 1.165) is 18.4 Å². The van der Waals surface area contributed by atoms with E-state index in [1.165, 1.54) is 19.3 Å². The highest BCUT2D eigenvalue weighted by Gasteiger charge is 2.47. The second kappa shape index (κ2) is 2.91. The Bertz CT molecular complexity index is 223. The van der Waals surface area contributed by atoms with Crippen LogP contribution < -0.4 is 5.32 Å². The minimum absolute atomic E-state index is 0.111. The Kier molecular flexibility index (Phi) is 1.88. The molecule has 0 aliphatic heterocycles. The summed E-state index contributed by atoms with van der Waals surface area (Å²) < 4.78 is 25.1. The van der Waals surface area contributed by atoms with Crippen LogP contribution in [0.4, 0.5) is 8.78 Å². The van der Waals surface area contributed by atoms with Gasteiger partial charge in [0.2, 0.25) is 5.92 Å². The maximum Gasteiger partial charge on any atom is 0.248 e. The zero-order chi connectivity index (χ0) is 9.76. The second-order valence-electron chi connectivity index (χ2n) is 5.46. The number of nitrogens with one attached hydrogen (secondary N) is 1. The van der Waals surface area contributed by atoms with Gasteiger partial charge in [0, 0.05) is 18.9 Å². The molecule has 0 saturated heterocycles. The van der Waals surface area contributed by atoms with Gasteiger partial charge in [0.05, 0.1) is 0 Å². The van der Waals surface area contributed by atoms with Gasteiger partial charge in [-0.25, -0.2) is 8.78 Å². The Morgan fingerprint density at radius 1 is 1.07 bits per heavy atom. The third-order valence-corrected chi connectivity index (χ3v) is 4.11. The van der Waals surface area contributed by atoms with E-state index in [1.54, 1.807) is 0 Å². The number of rotatable bonds is 3. The fourth-order valence-corrected chi connectivity index (χ4v) is 3.14. The third kappa shape index (κ3) is 1.67. The van der Waals surface area contributed by atoms with Crippen LogP contribution in [0.15, 0.2) is 0 Å². The minimum atomic E-state index is -2.34. The van der Waals surface area contributed by atoms with Crippen molar-refractivity contribution >= 4 is 0 Å². The van der Waals surface area contributed by atoms with Crippen molar-refractivity contribution in [3.05, 3.63) is 0 Å². The number of fused-ring (bicyclic) bond motifs is 1. The fraction of sp³-hybridized carbons (Fsp3) is 1.00. The first-order chi connectivity index (χ1) is 6.62. The van der Waals surface area contributed by atoms with Crippen molar-refractivity contribution in [3.63, 3.8) is 0 Å². The highest BCUT2D eigenvalue weighted by Crippen LogP contribution is 2.51. The Labute approximate surface area is 83.3 Å². The first-order valence-electron chi connectivity index (χ1n) is 5.73. The summed E-state index contributed by atoms with van der Waals surface area (Å²) in [5.74, 6) is -0.142. The fourth-order valence-electron chi connectivity index (χ4n) is 3.14.